The first-order valence-electron chi connectivity index (χ1n) is 12.8. The fourth-order valence-corrected chi connectivity index (χ4v) is 5.41. The van der Waals surface area contributed by atoms with E-state index in [1.807, 2.05) is 54.6 Å². The Morgan fingerprint density at radius 1 is 0.622 bits per heavy atom. The molecule has 4 aromatic carbocycles. The van der Waals surface area contributed by atoms with Crippen molar-refractivity contribution in [1.29, 1.82) is 0 Å². The van der Waals surface area contributed by atoms with Gasteiger partial charge in [0.1, 0.15) is 0 Å². The van der Waals surface area contributed by atoms with Crippen LogP contribution < -0.4 is 0 Å². The summed E-state index contributed by atoms with van der Waals surface area (Å²) in [4.78, 5) is 27.0. The molecule has 0 radical (unpaired) electrons. The van der Waals surface area contributed by atoms with E-state index < -0.39 is 17.4 Å². The zero-order valence-corrected chi connectivity index (χ0v) is 21.2. The Morgan fingerprint density at radius 3 is 1.54 bits per heavy atom. The standard InChI is InChI=1S/C33H30O4/c1-3-36-31(34)33(32(35)37-4-2)21-28-26(23-14-8-5-9-15-23)20-27(24-16-10-6-11-17-24)30(29(28)22-33)25-18-12-7-13-19-25/h5-20H,3-4,21-22H2,1-2H3. The quantitative estimate of drug-likeness (QED) is 0.209. The van der Waals surface area contributed by atoms with Crippen LogP contribution in [0.5, 0.6) is 0 Å². The lowest BCUT2D eigenvalue weighted by atomic mass is 9.83. The molecule has 186 valence electrons. The van der Waals surface area contributed by atoms with Gasteiger partial charge in [0.05, 0.1) is 13.2 Å². The highest BCUT2D eigenvalue weighted by Crippen LogP contribution is 2.50. The van der Waals surface area contributed by atoms with Crippen LogP contribution in [0.2, 0.25) is 0 Å². The van der Waals surface area contributed by atoms with E-state index in [1.54, 1.807) is 13.8 Å². The molecular formula is C33H30O4. The number of fused-ring (bicyclic) bond motifs is 1. The molecule has 4 aromatic rings. The van der Waals surface area contributed by atoms with Gasteiger partial charge in [-0.05, 0) is 64.4 Å². The molecule has 0 heterocycles. The van der Waals surface area contributed by atoms with Crippen LogP contribution in [0.1, 0.15) is 25.0 Å². The summed E-state index contributed by atoms with van der Waals surface area (Å²) in [7, 11) is 0. The van der Waals surface area contributed by atoms with E-state index in [9.17, 15) is 9.59 Å². The van der Waals surface area contributed by atoms with Gasteiger partial charge in [0.2, 0.25) is 0 Å². The Morgan fingerprint density at radius 2 is 1.05 bits per heavy atom. The van der Waals surface area contributed by atoms with Crippen LogP contribution in [0.3, 0.4) is 0 Å². The number of hydrogen-bond donors (Lipinski definition) is 0. The molecule has 0 bridgehead atoms. The molecule has 0 aliphatic heterocycles. The molecule has 1 aliphatic rings. The lowest BCUT2D eigenvalue weighted by Crippen LogP contribution is -2.43. The predicted octanol–water partition coefficient (Wildman–Crippen LogP) is 6.90. The maximum absolute atomic E-state index is 13.5. The molecule has 0 saturated heterocycles. The average molecular weight is 491 g/mol. The molecule has 0 unspecified atom stereocenters. The largest absolute Gasteiger partial charge is 0.465 e. The Balaban J connectivity index is 1.84. The first kappa shape index (κ1) is 24.5. The highest BCUT2D eigenvalue weighted by Gasteiger charge is 2.54. The molecule has 0 amide bonds. The van der Waals surface area contributed by atoms with Gasteiger partial charge in [0.25, 0.3) is 0 Å². The maximum atomic E-state index is 13.5. The molecule has 4 nitrogen and oxygen atoms in total. The van der Waals surface area contributed by atoms with Crippen molar-refractivity contribution < 1.29 is 19.1 Å². The third kappa shape index (κ3) is 4.44. The minimum Gasteiger partial charge on any atom is -0.465 e. The predicted molar refractivity (Wildman–Crippen MR) is 146 cm³/mol. The fraction of sp³-hybridized carbons (Fsp3) is 0.212. The minimum atomic E-state index is -1.42. The van der Waals surface area contributed by atoms with Gasteiger partial charge in [-0.15, -0.1) is 0 Å². The van der Waals surface area contributed by atoms with E-state index in [0.29, 0.717) is 0 Å². The third-order valence-electron chi connectivity index (χ3n) is 7.07. The van der Waals surface area contributed by atoms with E-state index in [0.717, 1.165) is 44.5 Å². The summed E-state index contributed by atoms with van der Waals surface area (Å²) >= 11 is 0. The monoisotopic (exact) mass is 490 g/mol. The minimum absolute atomic E-state index is 0.197. The van der Waals surface area contributed by atoms with Crippen molar-refractivity contribution >= 4 is 11.9 Å². The third-order valence-corrected chi connectivity index (χ3v) is 7.07. The number of carbonyl (C=O) groups excluding carboxylic acids is 2. The highest BCUT2D eigenvalue weighted by molar-refractivity contribution is 6.04. The van der Waals surface area contributed by atoms with Gasteiger partial charge in [-0.1, -0.05) is 91.0 Å². The van der Waals surface area contributed by atoms with Crippen LogP contribution in [-0.2, 0) is 31.9 Å². The van der Waals surface area contributed by atoms with E-state index in [1.165, 1.54) is 0 Å². The summed E-state index contributed by atoms with van der Waals surface area (Å²) in [5.41, 5.74) is 6.84. The van der Waals surface area contributed by atoms with Crippen LogP contribution in [0.25, 0.3) is 33.4 Å². The van der Waals surface area contributed by atoms with Crippen molar-refractivity contribution in [2.24, 2.45) is 5.41 Å². The molecule has 4 heteroatoms. The number of benzene rings is 4. The van der Waals surface area contributed by atoms with Gasteiger partial charge in [0.15, 0.2) is 5.41 Å². The summed E-state index contributed by atoms with van der Waals surface area (Å²) in [6, 6.07) is 32.8. The zero-order chi connectivity index (χ0) is 25.8. The molecule has 0 N–H and O–H groups in total. The molecule has 0 aromatic heterocycles. The average Bonchev–Trinajstić information content (AvgIpc) is 3.36. The molecule has 1 aliphatic carbocycles. The second-order valence-electron chi connectivity index (χ2n) is 9.28. The van der Waals surface area contributed by atoms with Crippen LogP contribution in [0, 0.1) is 5.41 Å². The van der Waals surface area contributed by atoms with Crippen molar-refractivity contribution in [2.45, 2.75) is 26.7 Å². The molecule has 5 rings (SSSR count). The van der Waals surface area contributed by atoms with Gasteiger partial charge in [-0.3, -0.25) is 9.59 Å². The van der Waals surface area contributed by atoms with Crippen molar-refractivity contribution in [3.63, 3.8) is 0 Å². The summed E-state index contributed by atoms with van der Waals surface area (Å²) in [6.07, 6.45) is 0.462. The van der Waals surface area contributed by atoms with Crippen molar-refractivity contribution in [2.75, 3.05) is 13.2 Å². The molecule has 0 spiro atoms. The lowest BCUT2D eigenvalue weighted by molar-refractivity contribution is -0.171. The zero-order valence-electron chi connectivity index (χ0n) is 21.2. The van der Waals surface area contributed by atoms with Gasteiger partial charge >= 0.3 is 11.9 Å². The Labute approximate surface area is 217 Å². The number of rotatable bonds is 7. The molecule has 0 saturated carbocycles. The number of carbonyl (C=O) groups is 2. The highest BCUT2D eigenvalue weighted by atomic mass is 16.6. The van der Waals surface area contributed by atoms with Gasteiger partial charge in [-0.2, -0.15) is 0 Å². The SMILES string of the molecule is CCOC(=O)C1(C(=O)OCC)Cc2c(-c3ccccc3)cc(-c3ccccc3)c(-c3ccccc3)c2C1. The molecule has 0 fully saturated rings. The van der Waals surface area contributed by atoms with Gasteiger partial charge in [-0.25, -0.2) is 0 Å². The van der Waals surface area contributed by atoms with Gasteiger partial charge in [0, 0.05) is 12.8 Å². The van der Waals surface area contributed by atoms with Crippen LogP contribution in [-0.4, -0.2) is 25.2 Å². The maximum Gasteiger partial charge on any atom is 0.324 e. The van der Waals surface area contributed by atoms with E-state index in [4.69, 9.17) is 9.47 Å². The lowest BCUT2D eigenvalue weighted by Gasteiger charge is -2.24. The first-order valence-corrected chi connectivity index (χ1v) is 12.8. The fourth-order valence-electron chi connectivity index (χ4n) is 5.41. The van der Waals surface area contributed by atoms with Crippen molar-refractivity contribution in [3.8, 4) is 33.4 Å². The Kier molecular flexibility index (Phi) is 6.91. The van der Waals surface area contributed by atoms with E-state index >= 15 is 0 Å². The summed E-state index contributed by atoms with van der Waals surface area (Å²) in [5.74, 6) is -1.05. The number of esters is 2. The Bertz CT molecular complexity index is 1390. The topological polar surface area (TPSA) is 52.6 Å². The first-order chi connectivity index (χ1) is 18.1. The number of hydrogen-bond acceptors (Lipinski definition) is 4. The molecular weight excluding hydrogens is 460 g/mol. The van der Waals surface area contributed by atoms with Gasteiger partial charge < -0.3 is 9.47 Å². The normalized spacial score (nSPS) is 13.6. The van der Waals surface area contributed by atoms with E-state index in [2.05, 4.69) is 42.5 Å². The second-order valence-corrected chi connectivity index (χ2v) is 9.28. The van der Waals surface area contributed by atoms with Crippen molar-refractivity contribution in [3.05, 3.63) is 108 Å². The number of ether oxygens (including phenoxy) is 2. The Hall–Kier alpha value is -4.18. The molecule has 0 atom stereocenters. The van der Waals surface area contributed by atoms with Crippen LogP contribution in [0.15, 0.2) is 97.1 Å². The summed E-state index contributed by atoms with van der Waals surface area (Å²) in [5, 5.41) is 0. The summed E-state index contributed by atoms with van der Waals surface area (Å²) < 4.78 is 11.0. The molecule has 37 heavy (non-hydrogen) atoms. The van der Waals surface area contributed by atoms with E-state index in [-0.39, 0.29) is 26.1 Å². The summed E-state index contributed by atoms with van der Waals surface area (Å²) in [6.45, 7) is 3.92. The smallest absolute Gasteiger partial charge is 0.324 e. The van der Waals surface area contributed by atoms with Crippen molar-refractivity contribution in [1.82, 2.24) is 0 Å². The second kappa shape index (κ2) is 10.4. The van der Waals surface area contributed by atoms with Crippen LogP contribution >= 0.6 is 0 Å². The van der Waals surface area contributed by atoms with Crippen LogP contribution in [0.4, 0.5) is 0 Å².